The molecule has 1 saturated heterocycles. The molecule has 2 fully saturated rings. The number of carbonyl (C=O) groups excluding carboxylic acids is 2. The highest BCUT2D eigenvalue weighted by Gasteiger charge is 2.42. The molecule has 2 aromatic carbocycles. The first-order valence-electron chi connectivity index (χ1n) is 13.1. The second-order valence-electron chi connectivity index (χ2n) is 10.2. The van der Waals surface area contributed by atoms with E-state index in [2.05, 4.69) is 15.5 Å². The number of alkyl halides is 3. The van der Waals surface area contributed by atoms with Crippen LogP contribution in [0.3, 0.4) is 0 Å². The van der Waals surface area contributed by atoms with Crippen molar-refractivity contribution in [2.45, 2.75) is 62.6 Å². The SMILES string of the molecule is CCO[C@@H]1CN(C2CCC(O)(c3ccc(F)cc3)CC2)C[C@@H]1NC(=O)CNC(=O)c1cccc(C(F)(F)F)c1. The number of hydrogen-bond donors (Lipinski definition) is 3. The van der Waals surface area contributed by atoms with Crippen LogP contribution >= 0.6 is 0 Å². The smallest absolute Gasteiger partial charge is 0.385 e. The fourth-order valence-electron chi connectivity index (χ4n) is 5.47. The summed E-state index contributed by atoms with van der Waals surface area (Å²) in [5.41, 5.74) is -1.43. The quantitative estimate of drug-likeness (QED) is 0.437. The van der Waals surface area contributed by atoms with Crippen molar-refractivity contribution < 1.29 is 37.0 Å². The first-order valence-corrected chi connectivity index (χ1v) is 13.1. The summed E-state index contributed by atoms with van der Waals surface area (Å²) in [5, 5.41) is 16.4. The molecule has 1 saturated carbocycles. The van der Waals surface area contributed by atoms with Crippen LogP contribution in [0.5, 0.6) is 0 Å². The zero-order valence-electron chi connectivity index (χ0n) is 21.6. The molecule has 11 heteroatoms. The zero-order chi connectivity index (χ0) is 28.2. The van der Waals surface area contributed by atoms with E-state index < -0.39 is 35.7 Å². The molecular formula is C28H33F4N3O4. The van der Waals surface area contributed by atoms with Gasteiger partial charge in [0.1, 0.15) is 5.82 Å². The maximum absolute atomic E-state index is 13.3. The van der Waals surface area contributed by atoms with Gasteiger partial charge in [-0.25, -0.2) is 4.39 Å². The number of amides is 2. The predicted octanol–water partition coefficient (Wildman–Crippen LogP) is 3.61. The number of likely N-dealkylation sites (tertiary alicyclic amines) is 1. The van der Waals surface area contributed by atoms with Crippen molar-refractivity contribution in [3.8, 4) is 0 Å². The summed E-state index contributed by atoms with van der Waals surface area (Å²) in [6.07, 6.45) is -2.35. The van der Waals surface area contributed by atoms with E-state index in [1.54, 1.807) is 12.1 Å². The molecule has 3 N–H and O–H groups in total. The Hall–Kier alpha value is -3.02. The molecule has 39 heavy (non-hydrogen) atoms. The second-order valence-corrected chi connectivity index (χ2v) is 10.2. The molecule has 2 atom stereocenters. The van der Waals surface area contributed by atoms with Crippen molar-refractivity contribution in [1.82, 2.24) is 15.5 Å². The average molecular weight is 552 g/mol. The van der Waals surface area contributed by atoms with Gasteiger partial charge in [0.25, 0.3) is 5.91 Å². The predicted molar refractivity (Wildman–Crippen MR) is 135 cm³/mol. The Bertz CT molecular complexity index is 1150. The Balaban J connectivity index is 1.30. The van der Waals surface area contributed by atoms with E-state index in [0.717, 1.165) is 31.0 Å². The third-order valence-corrected chi connectivity index (χ3v) is 7.56. The van der Waals surface area contributed by atoms with E-state index in [4.69, 9.17) is 4.74 Å². The first kappa shape index (κ1) is 29.0. The number of carbonyl (C=O) groups is 2. The van der Waals surface area contributed by atoms with Crippen molar-refractivity contribution in [3.05, 3.63) is 71.0 Å². The largest absolute Gasteiger partial charge is 0.416 e. The summed E-state index contributed by atoms with van der Waals surface area (Å²) in [6, 6.07) is 9.80. The molecule has 1 heterocycles. The van der Waals surface area contributed by atoms with Crippen LogP contribution in [0, 0.1) is 5.82 Å². The van der Waals surface area contributed by atoms with Gasteiger partial charge >= 0.3 is 6.18 Å². The third kappa shape index (κ3) is 7.14. The number of benzene rings is 2. The van der Waals surface area contributed by atoms with Gasteiger partial charge in [0, 0.05) is 31.3 Å². The summed E-state index contributed by atoms with van der Waals surface area (Å²) in [7, 11) is 0. The molecule has 1 aliphatic carbocycles. The molecule has 0 bridgehead atoms. The van der Waals surface area contributed by atoms with Gasteiger partial charge in [0.15, 0.2) is 0 Å². The van der Waals surface area contributed by atoms with E-state index in [9.17, 15) is 32.3 Å². The molecule has 2 amide bonds. The number of halogens is 4. The lowest BCUT2D eigenvalue weighted by Crippen LogP contribution is -2.48. The van der Waals surface area contributed by atoms with Crippen LogP contribution < -0.4 is 10.6 Å². The van der Waals surface area contributed by atoms with Crippen molar-refractivity contribution in [3.63, 3.8) is 0 Å². The van der Waals surface area contributed by atoms with Crippen LogP contribution in [0.25, 0.3) is 0 Å². The normalized spacial score (nSPS) is 25.8. The number of nitrogens with one attached hydrogen (secondary N) is 2. The molecule has 4 rings (SSSR count). The molecule has 2 aromatic rings. The van der Waals surface area contributed by atoms with Gasteiger partial charge in [0.05, 0.1) is 29.9 Å². The topological polar surface area (TPSA) is 90.9 Å². The van der Waals surface area contributed by atoms with E-state index in [1.165, 1.54) is 18.2 Å². The van der Waals surface area contributed by atoms with Gasteiger partial charge in [-0.15, -0.1) is 0 Å². The number of nitrogens with zero attached hydrogens (tertiary/aromatic N) is 1. The molecule has 1 aliphatic heterocycles. The lowest BCUT2D eigenvalue weighted by Gasteiger charge is -2.40. The van der Waals surface area contributed by atoms with Crippen molar-refractivity contribution in [2.24, 2.45) is 0 Å². The van der Waals surface area contributed by atoms with E-state index >= 15 is 0 Å². The van der Waals surface area contributed by atoms with E-state index in [0.29, 0.717) is 38.1 Å². The third-order valence-electron chi connectivity index (χ3n) is 7.56. The maximum atomic E-state index is 13.3. The summed E-state index contributed by atoms with van der Waals surface area (Å²) in [6.45, 7) is 3.04. The minimum absolute atomic E-state index is 0.177. The second kappa shape index (κ2) is 12.0. The van der Waals surface area contributed by atoms with Crippen molar-refractivity contribution in [2.75, 3.05) is 26.2 Å². The van der Waals surface area contributed by atoms with Crippen molar-refractivity contribution in [1.29, 1.82) is 0 Å². The summed E-state index contributed by atoms with van der Waals surface area (Å²) < 4.78 is 58.0. The standard InChI is InChI=1S/C28H33F4N3O4/c1-2-39-24-17-35(22-10-12-27(38,13-11-22)19-6-8-21(29)9-7-19)16-23(24)34-25(36)15-33-26(37)18-4-3-5-20(14-18)28(30,31)32/h3-9,14,22-24,38H,2,10-13,15-17H2,1H3,(H,33,37)(H,34,36)/t22?,23-,24+,27?/m0/s1. The summed E-state index contributed by atoms with van der Waals surface area (Å²) >= 11 is 0. The van der Waals surface area contributed by atoms with Crippen LogP contribution in [0.15, 0.2) is 48.5 Å². The molecule has 0 aromatic heterocycles. The van der Waals surface area contributed by atoms with Gasteiger partial charge < -0.3 is 20.5 Å². The Morgan fingerprint density at radius 3 is 2.44 bits per heavy atom. The Morgan fingerprint density at radius 2 is 1.79 bits per heavy atom. The average Bonchev–Trinajstić information content (AvgIpc) is 3.29. The number of ether oxygens (including phenoxy) is 1. The highest BCUT2D eigenvalue weighted by molar-refractivity contribution is 5.96. The van der Waals surface area contributed by atoms with Crippen LogP contribution in [-0.4, -0.2) is 66.2 Å². The van der Waals surface area contributed by atoms with Gasteiger partial charge in [0.2, 0.25) is 5.91 Å². The zero-order valence-corrected chi connectivity index (χ0v) is 21.6. The molecular weight excluding hydrogens is 518 g/mol. The fraction of sp³-hybridized carbons (Fsp3) is 0.500. The molecule has 0 radical (unpaired) electrons. The monoisotopic (exact) mass is 551 g/mol. The Labute approximate surface area is 224 Å². The highest BCUT2D eigenvalue weighted by atomic mass is 19.4. The van der Waals surface area contributed by atoms with Gasteiger partial charge in [-0.2, -0.15) is 13.2 Å². The molecule has 2 aliphatic rings. The lowest BCUT2D eigenvalue weighted by molar-refractivity contribution is -0.137. The molecule has 0 unspecified atom stereocenters. The van der Waals surface area contributed by atoms with Crippen molar-refractivity contribution >= 4 is 11.8 Å². The summed E-state index contributed by atoms with van der Waals surface area (Å²) in [5.74, 6) is -1.60. The molecule has 0 spiro atoms. The molecule has 7 nitrogen and oxygen atoms in total. The van der Waals surface area contributed by atoms with E-state index in [-0.39, 0.29) is 29.6 Å². The fourth-order valence-corrected chi connectivity index (χ4v) is 5.47. The van der Waals surface area contributed by atoms with E-state index in [1.807, 2.05) is 6.92 Å². The lowest BCUT2D eigenvalue weighted by atomic mass is 9.77. The maximum Gasteiger partial charge on any atom is 0.416 e. The van der Waals surface area contributed by atoms with Gasteiger partial charge in [-0.3, -0.25) is 14.5 Å². The minimum atomic E-state index is -4.58. The Morgan fingerprint density at radius 1 is 1.10 bits per heavy atom. The van der Waals surface area contributed by atoms with Crippen LogP contribution in [0.4, 0.5) is 17.6 Å². The minimum Gasteiger partial charge on any atom is -0.385 e. The highest BCUT2D eigenvalue weighted by Crippen LogP contribution is 2.39. The first-order chi connectivity index (χ1) is 18.5. The van der Waals surface area contributed by atoms with Crippen LogP contribution in [0.1, 0.15) is 54.1 Å². The van der Waals surface area contributed by atoms with Crippen LogP contribution in [-0.2, 0) is 21.3 Å². The number of aliphatic hydroxyl groups is 1. The number of rotatable bonds is 8. The Kier molecular flexibility index (Phi) is 8.93. The van der Waals surface area contributed by atoms with Crippen LogP contribution in [0.2, 0.25) is 0 Å². The summed E-state index contributed by atoms with van der Waals surface area (Å²) in [4.78, 5) is 27.2. The number of hydrogen-bond acceptors (Lipinski definition) is 5. The molecule has 212 valence electrons. The van der Waals surface area contributed by atoms with Gasteiger partial charge in [-0.05, 0) is 68.5 Å². The van der Waals surface area contributed by atoms with Gasteiger partial charge in [-0.1, -0.05) is 18.2 Å².